The number of unbranched alkanes of at least 4 members (excludes halogenated alkanes) is 2. The molecule has 9 heteroatoms. The topological polar surface area (TPSA) is 145 Å². The molecule has 9 nitrogen and oxygen atoms in total. The third-order valence-electron chi connectivity index (χ3n) is 5.59. The predicted molar refractivity (Wildman–Crippen MR) is 125 cm³/mol. The van der Waals surface area contributed by atoms with Crippen molar-refractivity contribution in [3.05, 3.63) is 35.9 Å². The zero-order valence-electron chi connectivity index (χ0n) is 19.5. The van der Waals surface area contributed by atoms with Gasteiger partial charge in [-0.15, -0.1) is 0 Å². The number of aliphatic hydroxyl groups excluding tert-OH is 1. The van der Waals surface area contributed by atoms with E-state index in [-0.39, 0.29) is 18.2 Å². The highest BCUT2D eigenvalue weighted by Crippen LogP contribution is 2.11. The predicted octanol–water partition coefficient (Wildman–Crippen LogP) is 2.02. The summed E-state index contributed by atoms with van der Waals surface area (Å²) in [5.74, 6) is -1.32. The van der Waals surface area contributed by atoms with Gasteiger partial charge in [-0.05, 0) is 37.2 Å². The smallest absolute Gasteiger partial charge is 0.404 e. The highest BCUT2D eigenvalue weighted by Gasteiger charge is 2.29. The van der Waals surface area contributed by atoms with Crippen LogP contribution in [0.1, 0.15) is 57.9 Å². The fourth-order valence-corrected chi connectivity index (χ4v) is 3.37. The molecule has 0 fully saturated rings. The molecule has 1 rings (SSSR count). The van der Waals surface area contributed by atoms with Crippen LogP contribution in [0.15, 0.2) is 30.3 Å². The van der Waals surface area contributed by atoms with E-state index in [4.69, 9.17) is 5.11 Å². The Bertz CT molecular complexity index is 756. The number of hydrogen-bond acceptors (Lipinski definition) is 5. The highest BCUT2D eigenvalue weighted by atomic mass is 16.4. The molecule has 0 radical (unpaired) electrons. The summed E-state index contributed by atoms with van der Waals surface area (Å²) in [4.78, 5) is 48.0. The molecule has 3 amide bonds. The summed E-state index contributed by atoms with van der Waals surface area (Å²) in [6, 6.07) is 7.93. The Balaban J connectivity index is 2.64. The number of amides is 3. The lowest BCUT2D eigenvalue weighted by Crippen LogP contribution is -2.54. The summed E-state index contributed by atoms with van der Waals surface area (Å²) in [5, 5.41) is 25.7. The molecule has 0 saturated carbocycles. The maximum Gasteiger partial charge on any atom is 0.404 e. The Kier molecular flexibility index (Phi) is 13.4. The van der Waals surface area contributed by atoms with Gasteiger partial charge in [-0.1, -0.05) is 57.0 Å². The van der Waals surface area contributed by atoms with Crippen molar-refractivity contribution in [2.24, 2.45) is 5.92 Å². The fraction of sp³-hybridized carbons (Fsp3) is 0.583. The molecule has 0 aliphatic heterocycles. The molecule has 1 aromatic rings. The number of aryl methyl sites for hydroxylation is 1. The largest absolute Gasteiger partial charge is 0.465 e. The summed E-state index contributed by atoms with van der Waals surface area (Å²) < 4.78 is 0. The Morgan fingerprint density at radius 1 is 1.00 bits per heavy atom. The van der Waals surface area contributed by atoms with Gasteiger partial charge in [0.1, 0.15) is 12.6 Å². The van der Waals surface area contributed by atoms with Crippen LogP contribution in [0.3, 0.4) is 0 Å². The summed E-state index contributed by atoms with van der Waals surface area (Å²) in [5.41, 5.74) is 1.02. The van der Waals surface area contributed by atoms with Crippen molar-refractivity contribution in [3.63, 3.8) is 0 Å². The van der Waals surface area contributed by atoms with Gasteiger partial charge in [0.15, 0.2) is 5.78 Å². The van der Waals surface area contributed by atoms with Crippen molar-refractivity contribution < 1.29 is 29.4 Å². The third kappa shape index (κ3) is 11.5. The van der Waals surface area contributed by atoms with E-state index in [0.717, 1.165) is 5.56 Å². The lowest BCUT2D eigenvalue weighted by Gasteiger charge is -2.26. The molecular formula is C24H37N3O6. The molecule has 0 spiro atoms. The van der Waals surface area contributed by atoms with Gasteiger partial charge in [0.05, 0.1) is 6.04 Å². The molecule has 0 heterocycles. The quantitative estimate of drug-likeness (QED) is 0.237. The van der Waals surface area contributed by atoms with Gasteiger partial charge in [0, 0.05) is 13.0 Å². The summed E-state index contributed by atoms with van der Waals surface area (Å²) in [6.07, 6.45) is 2.60. The van der Waals surface area contributed by atoms with Crippen LogP contribution >= 0.6 is 0 Å². The number of carbonyl (C=O) groups excluding carboxylic acids is 3. The standard InChI is InChI=1S/C24H37N3O6/c1-3-17(2)22(27-21(30)12-8-5-9-15-25-24(32)33)23(31)26-19(20(29)16-28)14-13-18-10-6-4-7-11-18/h4,6-7,10-11,17,19,22,25,28H,3,5,8-9,12-16H2,1-2H3,(H,26,31)(H,27,30)(H,32,33). The molecule has 0 aromatic heterocycles. The number of carboxylic acid groups (broad SMARTS) is 1. The second-order valence-electron chi connectivity index (χ2n) is 8.18. The van der Waals surface area contributed by atoms with Crippen molar-refractivity contribution in [3.8, 4) is 0 Å². The van der Waals surface area contributed by atoms with Gasteiger partial charge in [-0.2, -0.15) is 0 Å². The van der Waals surface area contributed by atoms with E-state index < -0.39 is 36.5 Å². The zero-order chi connectivity index (χ0) is 24.6. The molecule has 5 N–H and O–H groups in total. The van der Waals surface area contributed by atoms with Crippen molar-refractivity contribution in [2.45, 2.75) is 70.9 Å². The van der Waals surface area contributed by atoms with Crippen molar-refractivity contribution in [2.75, 3.05) is 13.2 Å². The van der Waals surface area contributed by atoms with Gasteiger partial charge >= 0.3 is 6.09 Å². The minimum absolute atomic E-state index is 0.146. The Labute approximate surface area is 195 Å². The second-order valence-corrected chi connectivity index (χ2v) is 8.18. The van der Waals surface area contributed by atoms with Crippen molar-refractivity contribution in [1.82, 2.24) is 16.0 Å². The first-order chi connectivity index (χ1) is 15.8. The van der Waals surface area contributed by atoms with Gasteiger partial charge in [-0.25, -0.2) is 4.79 Å². The van der Waals surface area contributed by atoms with E-state index in [1.165, 1.54) is 0 Å². The Morgan fingerprint density at radius 3 is 2.30 bits per heavy atom. The molecule has 3 atom stereocenters. The lowest BCUT2D eigenvalue weighted by molar-refractivity contribution is -0.133. The SMILES string of the molecule is CCC(C)C(NC(=O)CCCCCNC(=O)O)C(=O)NC(CCc1ccccc1)C(=O)CO. The Hall–Kier alpha value is -2.94. The maximum atomic E-state index is 13.0. The number of ketones is 1. The number of nitrogens with one attached hydrogen (secondary N) is 3. The van der Waals surface area contributed by atoms with E-state index in [1.807, 2.05) is 44.2 Å². The van der Waals surface area contributed by atoms with Crippen molar-refractivity contribution >= 4 is 23.7 Å². The zero-order valence-corrected chi connectivity index (χ0v) is 19.5. The lowest BCUT2D eigenvalue weighted by atomic mass is 9.96. The average Bonchev–Trinajstić information content (AvgIpc) is 2.81. The number of aliphatic hydroxyl groups is 1. The van der Waals surface area contributed by atoms with Crippen LogP contribution in [-0.2, 0) is 20.8 Å². The molecule has 0 saturated heterocycles. The fourth-order valence-electron chi connectivity index (χ4n) is 3.37. The molecule has 0 bridgehead atoms. The summed E-state index contributed by atoms with van der Waals surface area (Å²) in [6.45, 7) is 3.43. The molecular weight excluding hydrogens is 426 g/mol. The van der Waals surface area contributed by atoms with Gasteiger partial charge in [-0.3, -0.25) is 14.4 Å². The monoisotopic (exact) mass is 463 g/mol. The van der Waals surface area contributed by atoms with Crippen LogP contribution in [0.2, 0.25) is 0 Å². The summed E-state index contributed by atoms with van der Waals surface area (Å²) in [7, 11) is 0. The maximum absolute atomic E-state index is 13.0. The number of hydrogen-bond donors (Lipinski definition) is 5. The van der Waals surface area contributed by atoms with Gasteiger partial charge < -0.3 is 26.2 Å². The molecule has 0 aliphatic carbocycles. The van der Waals surface area contributed by atoms with Gasteiger partial charge in [0.25, 0.3) is 0 Å². The number of rotatable bonds is 16. The first-order valence-electron chi connectivity index (χ1n) is 11.5. The molecule has 1 aromatic carbocycles. The first kappa shape index (κ1) is 28.1. The van der Waals surface area contributed by atoms with Crippen LogP contribution in [0.4, 0.5) is 4.79 Å². The Morgan fingerprint density at radius 2 is 1.70 bits per heavy atom. The third-order valence-corrected chi connectivity index (χ3v) is 5.59. The molecule has 3 unspecified atom stereocenters. The molecule has 184 valence electrons. The average molecular weight is 464 g/mol. The normalized spacial score (nSPS) is 13.4. The van der Waals surface area contributed by atoms with Crippen LogP contribution in [-0.4, -0.2) is 59.1 Å². The van der Waals surface area contributed by atoms with Crippen LogP contribution in [0, 0.1) is 5.92 Å². The van der Waals surface area contributed by atoms with E-state index >= 15 is 0 Å². The number of Topliss-reactive ketones (excluding diaryl/α,β-unsaturated/α-hetero) is 1. The summed E-state index contributed by atoms with van der Waals surface area (Å²) >= 11 is 0. The second kappa shape index (κ2) is 15.8. The molecule has 33 heavy (non-hydrogen) atoms. The van der Waals surface area contributed by atoms with E-state index in [2.05, 4.69) is 16.0 Å². The number of carbonyl (C=O) groups is 4. The van der Waals surface area contributed by atoms with Crippen LogP contribution < -0.4 is 16.0 Å². The van der Waals surface area contributed by atoms with Crippen LogP contribution in [0.5, 0.6) is 0 Å². The minimum atomic E-state index is -1.07. The van der Waals surface area contributed by atoms with Gasteiger partial charge in [0.2, 0.25) is 11.8 Å². The van der Waals surface area contributed by atoms with Crippen molar-refractivity contribution in [1.29, 1.82) is 0 Å². The van der Waals surface area contributed by atoms with E-state index in [1.54, 1.807) is 0 Å². The minimum Gasteiger partial charge on any atom is -0.465 e. The number of benzene rings is 1. The van der Waals surface area contributed by atoms with E-state index in [0.29, 0.717) is 45.1 Å². The highest BCUT2D eigenvalue weighted by molar-refractivity contribution is 5.93. The van der Waals surface area contributed by atoms with Crippen LogP contribution in [0.25, 0.3) is 0 Å². The van der Waals surface area contributed by atoms with E-state index in [9.17, 15) is 24.3 Å². The molecule has 0 aliphatic rings. The first-order valence-corrected chi connectivity index (χ1v) is 11.5.